The van der Waals surface area contributed by atoms with Gasteiger partial charge in [-0.1, -0.05) is 66.7 Å². The van der Waals surface area contributed by atoms with Crippen LogP contribution < -0.4 is 14.4 Å². The van der Waals surface area contributed by atoms with Crippen LogP contribution in [-0.4, -0.2) is 11.7 Å². The van der Waals surface area contributed by atoms with Crippen LogP contribution in [0.1, 0.15) is 12.5 Å². The van der Waals surface area contributed by atoms with Crippen LogP contribution in [0, 0.1) is 0 Å². The predicted octanol–water partition coefficient (Wildman–Crippen LogP) is 5.04. The van der Waals surface area contributed by atoms with Crippen LogP contribution in [0.2, 0.25) is 0 Å². The number of amides is 1. The van der Waals surface area contributed by atoms with E-state index in [1.807, 2.05) is 42.5 Å². The highest BCUT2D eigenvalue weighted by Crippen LogP contribution is 2.51. The Labute approximate surface area is 164 Å². The maximum Gasteiger partial charge on any atom is 0.452 e. The maximum atomic E-state index is 13.6. The lowest BCUT2D eigenvalue weighted by molar-refractivity contribution is -0.120. The highest BCUT2D eigenvalue weighted by Gasteiger charge is 2.37. The summed E-state index contributed by atoms with van der Waals surface area (Å²) in [5, 5.41) is 2.76. The fourth-order valence-electron chi connectivity index (χ4n) is 2.58. The monoisotopic (exact) mass is 395 g/mol. The molecule has 5 nitrogen and oxygen atoms in total. The summed E-state index contributed by atoms with van der Waals surface area (Å²) in [6.45, 7) is 1.62. The summed E-state index contributed by atoms with van der Waals surface area (Å²) in [5.41, 5.74) is 0.870. The summed E-state index contributed by atoms with van der Waals surface area (Å²) in [6, 6.07) is 26.9. The molecule has 6 heteroatoms. The molecule has 3 aromatic carbocycles. The van der Waals surface area contributed by atoms with E-state index < -0.39 is 13.4 Å². The average Bonchev–Trinajstić information content (AvgIpc) is 2.70. The molecule has 1 amide bonds. The first-order valence-electron chi connectivity index (χ1n) is 8.97. The van der Waals surface area contributed by atoms with Crippen molar-refractivity contribution in [3.63, 3.8) is 0 Å². The Balaban J connectivity index is 1.76. The van der Waals surface area contributed by atoms with Gasteiger partial charge in [-0.25, -0.2) is 4.57 Å². The zero-order valence-electron chi connectivity index (χ0n) is 15.5. The van der Waals surface area contributed by atoms with Crippen molar-refractivity contribution in [2.75, 3.05) is 0 Å². The normalized spacial score (nSPS) is 12.0. The molecular weight excluding hydrogens is 373 g/mol. The molecule has 3 rings (SSSR count). The lowest BCUT2D eigenvalue weighted by Crippen LogP contribution is -2.36. The van der Waals surface area contributed by atoms with Gasteiger partial charge in [0.05, 0.1) is 6.42 Å². The van der Waals surface area contributed by atoms with E-state index in [-0.39, 0.29) is 12.3 Å². The van der Waals surface area contributed by atoms with E-state index in [2.05, 4.69) is 5.32 Å². The van der Waals surface area contributed by atoms with Crippen molar-refractivity contribution in [1.82, 2.24) is 5.32 Å². The standard InChI is InChI=1S/C22H22NO4P/c1-18(23-22(24)17-19-11-5-2-6-12-19)28(25,26-20-13-7-3-8-14-20)27-21-15-9-4-10-16-21/h2-16,18H,17H2,1H3,(H,23,24). The Kier molecular flexibility index (Phi) is 6.51. The molecule has 0 radical (unpaired) electrons. The van der Waals surface area contributed by atoms with Crippen molar-refractivity contribution in [2.24, 2.45) is 0 Å². The zero-order valence-corrected chi connectivity index (χ0v) is 16.4. The molecule has 0 aliphatic heterocycles. The second-order valence-corrected chi connectivity index (χ2v) is 8.47. The van der Waals surface area contributed by atoms with Crippen LogP contribution in [-0.2, 0) is 15.8 Å². The molecule has 0 aromatic heterocycles. The molecule has 1 unspecified atom stereocenters. The third-order valence-electron chi connectivity index (χ3n) is 4.00. The lowest BCUT2D eigenvalue weighted by Gasteiger charge is -2.25. The first-order chi connectivity index (χ1) is 13.5. The smallest absolute Gasteiger partial charge is 0.415 e. The third kappa shape index (κ3) is 5.48. The number of hydrogen-bond acceptors (Lipinski definition) is 4. The molecule has 0 saturated heterocycles. The van der Waals surface area contributed by atoms with Gasteiger partial charge in [0.2, 0.25) is 5.91 Å². The summed E-state index contributed by atoms with van der Waals surface area (Å²) in [7, 11) is -3.74. The molecule has 0 bridgehead atoms. The van der Waals surface area contributed by atoms with Crippen molar-refractivity contribution in [3.05, 3.63) is 96.6 Å². The van der Waals surface area contributed by atoms with Crippen molar-refractivity contribution in [1.29, 1.82) is 0 Å². The summed E-state index contributed by atoms with van der Waals surface area (Å²) in [6.07, 6.45) is 0.182. The van der Waals surface area contributed by atoms with Crippen LogP contribution in [0.15, 0.2) is 91.0 Å². The zero-order chi connectivity index (χ0) is 19.8. The number of para-hydroxylation sites is 2. The minimum atomic E-state index is -3.74. The largest absolute Gasteiger partial charge is 0.452 e. The van der Waals surface area contributed by atoms with Crippen molar-refractivity contribution in [3.8, 4) is 11.5 Å². The van der Waals surface area contributed by atoms with E-state index in [4.69, 9.17) is 9.05 Å². The van der Waals surface area contributed by atoms with Gasteiger partial charge in [0.1, 0.15) is 11.5 Å². The number of rotatable bonds is 8. The fraction of sp³-hybridized carbons (Fsp3) is 0.136. The fourth-order valence-corrected chi connectivity index (χ4v) is 4.06. The number of nitrogens with one attached hydrogen (secondary N) is 1. The highest BCUT2D eigenvalue weighted by molar-refractivity contribution is 7.55. The van der Waals surface area contributed by atoms with E-state index in [9.17, 15) is 9.36 Å². The molecule has 0 heterocycles. The van der Waals surface area contributed by atoms with Gasteiger partial charge < -0.3 is 14.4 Å². The molecule has 0 fully saturated rings. The second-order valence-electron chi connectivity index (χ2n) is 6.25. The molecule has 0 aliphatic rings. The molecule has 3 aromatic rings. The Morgan fingerprint density at radius 1 is 0.821 bits per heavy atom. The Hall–Kier alpha value is -3.04. The molecule has 1 atom stereocenters. The Morgan fingerprint density at radius 2 is 1.25 bits per heavy atom. The number of benzene rings is 3. The number of carbonyl (C=O) groups excluding carboxylic acids is 1. The van der Waals surface area contributed by atoms with Crippen molar-refractivity contribution < 1.29 is 18.4 Å². The van der Waals surface area contributed by atoms with Gasteiger partial charge in [0.25, 0.3) is 0 Å². The van der Waals surface area contributed by atoms with Gasteiger partial charge in [-0.3, -0.25) is 4.79 Å². The van der Waals surface area contributed by atoms with Crippen LogP contribution in [0.25, 0.3) is 0 Å². The minimum Gasteiger partial charge on any atom is -0.415 e. The van der Waals surface area contributed by atoms with Gasteiger partial charge in [-0.15, -0.1) is 0 Å². The summed E-state index contributed by atoms with van der Waals surface area (Å²) >= 11 is 0. The summed E-state index contributed by atoms with van der Waals surface area (Å²) in [5.74, 6) is -0.284. The van der Waals surface area contributed by atoms with Gasteiger partial charge in [0, 0.05) is 0 Å². The molecule has 1 N–H and O–H groups in total. The third-order valence-corrected chi connectivity index (χ3v) is 6.01. The van der Waals surface area contributed by atoms with Gasteiger partial charge in [-0.05, 0) is 36.8 Å². The maximum absolute atomic E-state index is 13.6. The van der Waals surface area contributed by atoms with E-state index in [1.54, 1.807) is 55.5 Å². The quantitative estimate of drug-likeness (QED) is 0.543. The van der Waals surface area contributed by atoms with Gasteiger partial charge in [0.15, 0.2) is 5.78 Å². The molecule has 144 valence electrons. The average molecular weight is 395 g/mol. The van der Waals surface area contributed by atoms with Crippen LogP contribution >= 0.6 is 7.60 Å². The molecule has 0 saturated carbocycles. The molecule has 28 heavy (non-hydrogen) atoms. The Morgan fingerprint density at radius 3 is 1.71 bits per heavy atom. The van der Waals surface area contributed by atoms with Crippen LogP contribution in [0.4, 0.5) is 0 Å². The topological polar surface area (TPSA) is 64.6 Å². The van der Waals surface area contributed by atoms with Crippen molar-refractivity contribution >= 4 is 13.5 Å². The highest BCUT2D eigenvalue weighted by atomic mass is 31.2. The van der Waals surface area contributed by atoms with Gasteiger partial charge in [-0.2, -0.15) is 0 Å². The number of carbonyl (C=O) groups is 1. The SMILES string of the molecule is CC(NC(=O)Cc1ccccc1)P(=O)(Oc1ccccc1)Oc1ccccc1. The lowest BCUT2D eigenvalue weighted by atomic mass is 10.1. The summed E-state index contributed by atoms with van der Waals surface area (Å²) < 4.78 is 25.1. The van der Waals surface area contributed by atoms with Crippen molar-refractivity contribution in [2.45, 2.75) is 19.1 Å². The van der Waals surface area contributed by atoms with E-state index in [1.165, 1.54) is 0 Å². The number of hydrogen-bond donors (Lipinski definition) is 1. The second kappa shape index (κ2) is 9.25. The van der Waals surface area contributed by atoms with E-state index in [0.717, 1.165) is 5.56 Å². The van der Waals surface area contributed by atoms with Gasteiger partial charge >= 0.3 is 7.60 Å². The van der Waals surface area contributed by atoms with Crippen LogP contribution in [0.3, 0.4) is 0 Å². The van der Waals surface area contributed by atoms with E-state index >= 15 is 0 Å². The minimum absolute atomic E-state index is 0.182. The van der Waals surface area contributed by atoms with E-state index in [0.29, 0.717) is 11.5 Å². The van der Waals surface area contributed by atoms with Crippen LogP contribution in [0.5, 0.6) is 11.5 Å². The first kappa shape index (κ1) is 19.7. The Bertz CT molecular complexity index is 887. The predicted molar refractivity (Wildman–Crippen MR) is 109 cm³/mol. The summed E-state index contributed by atoms with van der Waals surface area (Å²) in [4.78, 5) is 12.4. The molecule has 0 spiro atoms. The molecule has 0 aliphatic carbocycles. The first-order valence-corrected chi connectivity index (χ1v) is 10.6. The molecular formula is C22H22NO4P.